The minimum absolute atomic E-state index is 0.140. The quantitative estimate of drug-likeness (QED) is 0.511. The number of alkyl halides is 6. The smallest absolute Gasteiger partial charge is 0.455 e. The normalized spacial score (nSPS) is 14.1. The largest absolute Gasteiger partial charge is 0.462 e. The predicted molar refractivity (Wildman–Crippen MR) is 90.5 cm³/mol. The molecule has 0 fully saturated rings. The van der Waals surface area contributed by atoms with E-state index in [1.165, 1.54) is 7.05 Å². The number of urea groups is 1. The molecule has 6 nitrogen and oxygen atoms in total. The Morgan fingerprint density at radius 1 is 1.14 bits per heavy atom. The van der Waals surface area contributed by atoms with E-state index in [9.17, 15) is 35.9 Å². The molecule has 0 saturated heterocycles. The number of carbonyl (C=O) groups excluding carboxylic acids is 2. The number of hydrogen-bond acceptors (Lipinski definition) is 4. The Bertz CT molecular complexity index is 752. The number of rotatable bonds is 7. The number of amides is 2. The minimum Gasteiger partial charge on any atom is -0.462 e. The Hall–Kier alpha value is -2.50. The standard InChI is InChI=1S/C17H20F6N2O4/c1-4-8-29-13(26)11-9-10(15(18,19)16(20,28)17(21,22)23)6-7-12(11)25(3)14(27)24-5-2/h6-7,9,28H,4-5,8H2,1-3H3,(H,24,27). The summed E-state index contributed by atoms with van der Waals surface area (Å²) in [6, 6.07) is 0.610. The van der Waals surface area contributed by atoms with E-state index in [-0.39, 0.29) is 24.9 Å². The Kier molecular flexibility index (Phi) is 7.52. The number of anilines is 1. The first-order valence-corrected chi connectivity index (χ1v) is 8.41. The second kappa shape index (κ2) is 8.89. The molecule has 0 saturated carbocycles. The van der Waals surface area contributed by atoms with Gasteiger partial charge >= 0.3 is 30.0 Å². The average molecular weight is 430 g/mol. The number of nitrogens with one attached hydrogen (secondary N) is 1. The van der Waals surface area contributed by atoms with E-state index in [4.69, 9.17) is 9.84 Å². The van der Waals surface area contributed by atoms with E-state index >= 15 is 0 Å². The molecular formula is C17H20F6N2O4. The lowest BCUT2D eigenvalue weighted by Crippen LogP contribution is -2.53. The van der Waals surface area contributed by atoms with Gasteiger partial charge in [0, 0.05) is 19.2 Å². The van der Waals surface area contributed by atoms with Crippen LogP contribution < -0.4 is 10.2 Å². The highest BCUT2D eigenvalue weighted by Crippen LogP contribution is 2.49. The highest BCUT2D eigenvalue weighted by molar-refractivity contribution is 6.02. The number of aliphatic hydroxyl groups is 1. The summed E-state index contributed by atoms with van der Waals surface area (Å²) in [5, 5.41) is 11.2. The molecule has 2 amide bonds. The van der Waals surface area contributed by atoms with Gasteiger partial charge in [-0.1, -0.05) is 13.0 Å². The predicted octanol–water partition coefficient (Wildman–Crippen LogP) is 3.73. The summed E-state index contributed by atoms with van der Waals surface area (Å²) in [6.07, 6.45) is -5.96. The van der Waals surface area contributed by atoms with Crippen molar-refractivity contribution in [3.8, 4) is 0 Å². The van der Waals surface area contributed by atoms with Gasteiger partial charge in [-0.05, 0) is 25.5 Å². The van der Waals surface area contributed by atoms with Crippen LogP contribution in [0.15, 0.2) is 18.2 Å². The third kappa shape index (κ3) is 4.92. The van der Waals surface area contributed by atoms with Gasteiger partial charge in [0.15, 0.2) is 0 Å². The van der Waals surface area contributed by atoms with E-state index in [1.807, 2.05) is 0 Å². The number of hydrogen-bond donors (Lipinski definition) is 2. The van der Waals surface area contributed by atoms with Crippen molar-refractivity contribution in [2.24, 2.45) is 0 Å². The molecule has 164 valence electrons. The Balaban J connectivity index is 3.55. The highest BCUT2D eigenvalue weighted by atomic mass is 19.4. The van der Waals surface area contributed by atoms with Gasteiger partial charge in [0.05, 0.1) is 17.9 Å². The van der Waals surface area contributed by atoms with Crippen molar-refractivity contribution in [3.05, 3.63) is 29.3 Å². The third-order valence-corrected chi connectivity index (χ3v) is 3.80. The molecule has 1 aromatic rings. The number of carbonyl (C=O) groups is 2. The van der Waals surface area contributed by atoms with E-state index in [0.29, 0.717) is 12.5 Å². The van der Waals surface area contributed by atoms with Crippen LogP contribution in [0.2, 0.25) is 0 Å². The van der Waals surface area contributed by atoms with Crippen molar-refractivity contribution in [3.63, 3.8) is 0 Å². The maximum Gasteiger partial charge on any atom is 0.455 e. The molecule has 0 aliphatic heterocycles. The number of esters is 1. The molecule has 0 radical (unpaired) electrons. The van der Waals surface area contributed by atoms with Gasteiger partial charge in [0.25, 0.3) is 0 Å². The fourth-order valence-electron chi connectivity index (χ4n) is 2.21. The molecule has 1 atom stereocenters. The summed E-state index contributed by atoms with van der Waals surface area (Å²) < 4.78 is 84.4. The number of benzene rings is 1. The van der Waals surface area contributed by atoms with E-state index in [2.05, 4.69) is 5.32 Å². The molecule has 2 N–H and O–H groups in total. The molecule has 0 heterocycles. The van der Waals surface area contributed by atoms with Gasteiger partial charge in [-0.2, -0.15) is 26.3 Å². The van der Waals surface area contributed by atoms with Crippen molar-refractivity contribution in [1.29, 1.82) is 0 Å². The molecule has 0 spiro atoms. The zero-order chi connectivity index (χ0) is 22.6. The lowest BCUT2D eigenvalue weighted by Gasteiger charge is -2.31. The van der Waals surface area contributed by atoms with Crippen LogP contribution >= 0.6 is 0 Å². The molecule has 0 aromatic heterocycles. The van der Waals surface area contributed by atoms with Crippen LogP contribution in [0.3, 0.4) is 0 Å². The van der Waals surface area contributed by atoms with Gasteiger partial charge in [-0.3, -0.25) is 4.90 Å². The van der Waals surface area contributed by atoms with Crippen molar-refractivity contribution >= 4 is 17.7 Å². The molecule has 29 heavy (non-hydrogen) atoms. The lowest BCUT2D eigenvalue weighted by molar-refractivity contribution is -0.390. The van der Waals surface area contributed by atoms with Crippen molar-refractivity contribution in [2.75, 3.05) is 25.1 Å². The first-order chi connectivity index (χ1) is 13.2. The number of halogens is 6. The summed E-state index contributed by atoms with van der Waals surface area (Å²) in [6.45, 7) is 3.27. The first kappa shape index (κ1) is 24.5. The summed E-state index contributed by atoms with van der Waals surface area (Å²) in [4.78, 5) is 25.0. The van der Waals surface area contributed by atoms with Gasteiger partial charge in [0.1, 0.15) is 0 Å². The zero-order valence-electron chi connectivity index (χ0n) is 15.7. The van der Waals surface area contributed by atoms with Crippen molar-refractivity contribution < 1.29 is 45.8 Å². The fraction of sp³-hybridized carbons (Fsp3) is 0.529. The maximum absolute atomic E-state index is 14.1. The van der Waals surface area contributed by atoms with Crippen LogP contribution in [-0.2, 0) is 10.7 Å². The van der Waals surface area contributed by atoms with Crippen molar-refractivity contribution in [1.82, 2.24) is 5.32 Å². The summed E-state index contributed by atoms with van der Waals surface area (Å²) >= 11 is 0. The van der Waals surface area contributed by atoms with E-state index in [0.717, 1.165) is 11.0 Å². The average Bonchev–Trinajstić information content (AvgIpc) is 2.64. The molecule has 0 bridgehead atoms. The van der Waals surface area contributed by atoms with E-state index < -0.39 is 41.1 Å². The van der Waals surface area contributed by atoms with E-state index in [1.54, 1.807) is 13.8 Å². The fourth-order valence-corrected chi connectivity index (χ4v) is 2.21. The van der Waals surface area contributed by atoms with Crippen molar-refractivity contribution in [2.45, 2.75) is 38.2 Å². The molecule has 0 aliphatic carbocycles. The molecular weight excluding hydrogens is 410 g/mol. The summed E-state index contributed by atoms with van der Waals surface area (Å²) in [7, 11) is 1.18. The molecule has 1 aromatic carbocycles. The minimum atomic E-state index is -6.31. The van der Waals surface area contributed by atoms with Gasteiger partial charge in [-0.25, -0.2) is 9.59 Å². The summed E-state index contributed by atoms with van der Waals surface area (Å²) in [5.74, 6) is -12.6. The maximum atomic E-state index is 14.1. The number of nitrogens with zero attached hydrogens (tertiary/aromatic N) is 1. The lowest BCUT2D eigenvalue weighted by atomic mass is 9.97. The van der Waals surface area contributed by atoms with Crippen LogP contribution in [-0.4, -0.2) is 49.3 Å². The zero-order valence-corrected chi connectivity index (χ0v) is 15.7. The Labute approximate surface area is 162 Å². The molecule has 0 aliphatic rings. The number of ether oxygens (including phenoxy) is 1. The second-order valence-corrected chi connectivity index (χ2v) is 5.96. The SMILES string of the molecule is CCCOC(=O)c1cc(C(F)(F)C(O)(F)C(F)(F)F)ccc1N(C)C(=O)NCC. The molecule has 1 rings (SSSR count). The Morgan fingerprint density at radius 3 is 2.21 bits per heavy atom. The summed E-state index contributed by atoms with van der Waals surface area (Å²) in [5.41, 5.74) is -2.61. The third-order valence-electron chi connectivity index (χ3n) is 3.80. The topological polar surface area (TPSA) is 78.9 Å². The van der Waals surface area contributed by atoms with Crippen LogP contribution in [0.1, 0.15) is 36.2 Å². The van der Waals surface area contributed by atoms with Crippen LogP contribution in [0.25, 0.3) is 0 Å². The Morgan fingerprint density at radius 2 is 1.72 bits per heavy atom. The monoisotopic (exact) mass is 430 g/mol. The van der Waals surface area contributed by atoms with Gasteiger partial charge in [-0.15, -0.1) is 0 Å². The molecule has 1 unspecified atom stereocenters. The van der Waals surface area contributed by atoms with Gasteiger partial charge in [0.2, 0.25) is 0 Å². The second-order valence-electron chi connectivity index (χ2n) is 5.96. The van der Waals surface area contributed by atoms with Crippen LogP contribution in [0.5, 0.6) is 0 Å². The van der Waals surface area contributed by atoms with Gasteiger partial charge < -0.3 is 15.2 Å². The van der Waals surface area contributed by atoms with Crippen LogP contribution in [0.4, 0.5) is 36.8 Å². The highest BCUT2D eigenvalue weighted by Gasteiger charge is 2.71. The molecule has 12 heteroatoms. The first-order valence-electron chi connectivity index (χ1n) is 8.41. The van der Waals surface area contributed by atoms with Crippen LogP contribution in [0, 0.1) is 0 Å².